The summed E-state index contributed by atoms with van der Waals surface area (Å²) >= 11 is 6.07. The van der Waals surface area contributed by atoms with Gasteiger partial charge < -0.3 is 5.73 Å². The minimum atomic E-state index is 0.346. The van der Waals surface area contributed by atoms with Gasteiger partial charge in [0.25, 0.3) is 0 Å². The number of aryl methyl sites for hydroxylation is 2. The highest BCUT2D eigenvalue weighted by atomic mass is 35.5. The molecule has 0 atom stereocenters. The van der Waals surface area contributed by atoms with Crippen molar-refractivity contribution in [1.29, 1.82) is 0 Å². The van der Waals surface area contributed by atoms with Gasteiger partial charge in [-0.2, -0.15) is 10.2 Å². The third-order valence-electron chi connectivity index (χ3n) is 2.62. The number of hydrogen-bond acceptors (Lipinski definition) is 4. The van der Waals surface area contributed by atoms with E-state index in [4.69, 9.17) is 17.3 Å². The summed E-state index contributed by atoms with van der Waals surface area (Å²) in [5.41, 5.74) is 9.83. The van der Waals surface area contributed by atoms with E-state index in [9.17, 15) is 0 Å². The molecule has 0 aliphatic carbocycles. The van der Waals surface area contributed by atoms with Gasteiger partial charge >= 0.3 is 0 Å². The van der Waals surface area contributed by atoms with Gasteiger partial charge in [0.1, 0.15) is 0 Å². The van der Waals surface area contributed by atoms with E-state index in [0.29, 0.717) is 10.8 Å². The molecule has 0 fully saturated rings. The van der Waals surface area contributed by atoms with Gasteiger partial charge in [-0.1, -0.05) is 11.6 Å². The van der Waals surface area contributed by atoms with Crippen LogP contribution in [0.1, 0.15) is 11.3 Å². The highest BCUT2D eigenvalue weighted by molar-refractivity contribution is 6.32. The van der Waals surface area contributed by atoms with E-state index in [-0.39, 0.29) is 0 Å². The van der Waals surface area contributed by atoms with Crippen molar-refractivity contribution in [3.63, 3.8) is 0 Å². The molecule has 0 aliphatic rings. The molecule has 0 amide bonds. The maximum Gasteiger partial charge on any atom is 0.161 e. The summed E-state index contributed by atoms with van der Waals surface area (Å²) in [6.07, 6.45) is 1.60. The van der Waals surface area contributed by atoms with Crippen molar-refractivity contribution in [2.45, 2.75) is 13.8 Å². The normalized spacial score (nSPS) is 10.8. The van der Waals surface area contributed by atoms with E-state index >= 15 is 0 Å². The highest BCUT2D eigenvalue weighted by Gasteiger charge is 2.17. The first kappa shape index (κ1) is 10.9. The van der Waals surface area contributed by atoms with Gasteiger partial charge in [0, 0.05) is 12.6 Å². The Morgan fingerprint density at radius 2 is 2.00 bits per heavy atom. The van der Waals surface area contributed by atoms with Crippen molar-refractivity contribution < 1.29 is 0 Å². The topological polar surface area (TPSA) is 69.6 Å². The molecule has 0 bridgehead atoms. The molecule has 0 aliphatic heterocycles. The monoisotopic (exact) mass is 237 g/mol. The third-order valence-corrected chi connectivity index (χ3v) is 2.88. The lowest BCUT2D eigenvalue weighted by molar-refractivity contribution is 0.773. The molecule has 0 radical (unpaired) electrons. The molecule has 0 aromatic carbocycles. The third kappa shape index (κ3) is 1.53. The summed E-state index contributed by atoms with van der Waals surface area (Å²) in [6.45, 7) is 3.83. The van der Waals surface area contributed by atoms with Crippen molar-refractivity contribution in [2.24, 2.45) is 7.05 Å². The Bertz CT molecular complexity index is 527. The Morgan fingerprint density at radius 1 is 1.31 bits per heavy atom. The van der Waals surface area contributed by atoms with Crippen LogP contribution in [0.2, 0.25) is 5.15 Å². The van der Waals surface area contributed by atoms with E-state index < -0.39 is 0 Å². The number of hydrogen-bond donors (Lipinski definition) is 1. The minimum absolute atomic E-state index is 0.346. The highest BCUT2D eigenvalue weighted by Crippen LogP contribution is 2.33. The fourth-order valence-corrected chi connectivity index (χ4v) is 1.88. The molecular weight excluding hydrogens is 226 g/mol. The van der Waals surface area contributed by atoms with Crippen molar-refractivity contribution in [3.8, 4) is 11.3 Å². The van der Waals surface area contributed by atoms with Gasteiger partial charge in [0.05, 0.1) is 23.3 Å². The van der Waals surface area contributed by atoms with Crippen LogP contribution in [-0.2, 0) is 7.05 Å². The van der Waals surface area contributed by atoms with Crippen LogP contribution in [0, 0.1) is 13.8 Å². The zero-order chi connectivity index (χ0) is 11.9. The molecule has 2 heterocycles. The lowest BCUT2D eigenvalue weighted by Crippen LogP contribution is -2.02. The first-order chi connectivity index (χ1) is 7.52. The first-order valence-corrected chi connectivity index (χ1v) is 5.17. The van der Waals surface area contributed by atoms with Gasteiger partial charge in [-0.3, -0.25) is 4.68 Å². The Labute approximate surface area is 98.2 Å². The second-order valence-electron chi connectivity index (χ2n) is 3.65. The van der Waals surface area contributed by atoms with Crippen LogP contribution < -0.4 is 5.73 Å². The SMILES string of the molecule is Cc1nnc(Cl)c(-c2c(N)cnn2C)c1C. The van der Waals surface area contributed by atoms with Gasteiger partial charge in [-0.05, 0) is 19.4 Å². The number of halogens is 1. The molecule has 0 saturated heterocycles. The Hall–Kier alpha value is -1.62. The van der Waals surface area contributed by atoms with Crippen molar-refractivity contribution in [3.05, 3.63) is 22.6 Å². The molecule has 0 saturated carbocycles. The maximum atomic E-state index is 6.07. The first-order valence-electron chi connectivity index (χ1n) is 4.79. The average molecular weight is 238 g/mol. The predicted octanol–water partition coefficient (Wildman–Crippen LogP) is 1.73. The van der Waals surface area contributed by atoms with E-state index in [1.54, 1.807) is 10.9 Å². The van der Waals surface area contributed by atoms with Crippen molar-refractivity contribution in [2.75, 3.05) is 5.73 Å². The van der Waals surface area contributed by atoms with E-state index in [1.165, 1.54) is 0 Å². The van der Waals surface area contributed by atoms with Crippen molar-refractivity contribution in [1.82, 2.24) is 20.0 Å². The van der Waals surface area contributed by atoms with Crippen LogP contribution in [-0.4, -0.2) is 20.0 Å². The molecule has 2 N–H and O–H groups in total. The zero-order valence-electron chi connectivity index (χ0n) is 9.32. The molecule has 84 valence electrons. The quantitative estimate of drug-likeness (QED) is 0.820. The van der Waals surface area contributed by atoms with Gasteiger partial charge in [-0.25, -0.2) is 0 Å². The van der Waals surface area contributed by atoms with Gasteiger partial charge in [0.15, 0.2) is 5.15 Å². The van der Waals surface area contributed by atoms with E-state index in [1.807, 2.05) is 20.9 Å². The smallest absolute Gasteiger partial charge is 0.161 e. The minimum Gasteiger partial charge on any atom is -0.396 e. The van der Waals surface area contributed by atoms with E-state index in [0.717, 1.165) is 22.5 Å². The van der Waals surface area contributed by atoms with Crippen LogP contribution in [0.4, 0.5) is 5.69 Å². The summed E-state index contributed by atoms with van der Waals surface area (Å²) < 4.78 is 1.69. The Morgan fingerprint density at radius 3 is 2.56 bits per heavy atom. The fourth-order valence-electron chi connectivity index (χ4n) is 1.62. The Kier molecular flexibility index (Phi) is 2.55. The standard InChI is InChI=1S/C10H12ClN5/c1-5-6(2)14-15-10(11)8(5)9-7(12)4-13-16(9)3/h4H,12H2,1-3H3. The summed E-state index contributed by atoms with van der Waals surface area (Å²) in [5.74, 6) is 0. The van der Waals surface area contributed by atoms with Crippen LogP contribution in [0.15, 0.2) is 6.20 Å². The molecule has 0 unspecified atom stereocenters. The number of aromatic nitrogens is 4. The number of anilines is 1. The predicted molar refractivity (Wildman–Crippen MR) is 63.1 cm³/mol. The summed E-state index contributed by atoms with van der Waals surface area (Å²) in [4.78, 5) is 0. The zero-order valence-corrected chi connectivity index (χ0v) is 10.1. The lowest BCUT2D eigenvalue weighted by atomic mass is 10.1. The van der Waals surface area contributed by atoms with E-state index in [2.05, 4.69) is 15.3 Å². The summed E-state index contributed by atoms with van der Waals surface area (Å²) in [6, 6.07) is 0. The van der Waals surface area contributed by atoms with Crippen LogP contribution in [0.3, 0.4) is 0 Å². The maximum absolute atomic E-state index is 6.07. The summed E-state index contributed by atoms with van der Waals surface area (Å²) in [7, 11) is 1.82. The van der Waals surface area contributed by atoms with Crippen LogP contribution >= 0.6 is 11.6 Å². The Balaban J connectivity index is 2.78. The summed E-state index contributed by atoms with van der Waals surface area (Å²) in [5, 5.41) is 12.3. The molecule has 5 nitrogen and oxygen atoms in total. The molecule has 16 heavy (non-hydrogen) atoms. The fraction of sp³-hybridized carbons (Fsp3) is 0.300. The van der Waals surface area contributed by atoms with Crippen molar-refractivity contribution >= 4 is 17.3 Å². The second kappa shape index (κ2) is 3.75. The molecule has 2 rings (SSSR count). The number of nitrogens with zero attached hydrogens (tertiary/aromatic N) is 4. The molecular formula is C10H12ClN5. The number of nitrogens with two attached hydrogens (primary N) is 1. The van der Waals surface area contributed by atoms with Gasteiger partial charge in [-0.15, -0.1) is 5.10 Å². The van der Waals surface area contributed by atoms with Crippen LogP contribution in [0.5, 0.6) is 0 Å². The molecule has 6 heteroatoms. The average Bonchev–Trinajstić information content (AvgIpc) is 2.56. The van der Waals surface area contributed by atoms with Crippen LogP contribution in [0.25, 0.3) is 11.3 Å². The molecule has 2 aromatic heterocycles. The molecule has 2 aromatic rings. The lowest BCUT2D eigenvalue weighted by Gasteiger charge is -2.10. The second-order valence-corrected chi connectivity index (χ2v) is 4.01. The largest absolute Gasteiger partial charge is 0.396 e. The van der Waals surface area contributed by atoms with Gasteiger partial charge in [0.2, 0.25) is 0 Å². The number of rotatable bonds is 1. The number of nitrogen functional groups attached to an aromatic ring is 1. The molecule has 0 spiro atoms.